The van der Waals surface area contributed by atoms with E-state index in [0.29, 0.717) is 10.8 Å². The maximum absolute atomic E-state index is 5.97. The zero-order valence-electron chi connectivity index (χ0n) is 9.84. The molecule has 0 fully saturated rings. The molecule has 1 aromatic carbocycles. The van der Waals surface area contributed by atoms with Gasteiger partial charge in [0.2, 0.25) is 0 Å². The van der Waals surface area contributed by atoms with Crippen molar-refractivity contribution in [3.63, 3.8) is 0 Å². The molecule has 2 heterocycles. The summed E-state index contributed by atoms with van der Waals surface area (Å²) in [4.78, 5) is 3.98. The topological polar surface area (TPSA) is 43.1 Å². The second-order valence-electron chi connectivity index (χ2n) is 3.99. The van der Waals surface area contributed by atoms with E-state index in [4.69, 9.17) is 11.6 Å². The summed E-state index contributed by atoms with van der Waals surface area (Å²) in [6.07, 6.45) is 4.48. The molecule has 4 nitrogen and oxygen atoms in total. The summed E-state index contributed by atoms with van der Waals surface area (Å²) in [5.41, 5.74) is 2.89. The molecule has 0 aliphatic carbocycles. The summed E-state index contributed by atoms with van der Waals surface area (Å²) in [5.74, 6) is 0.775. The van der Waals surface area contributed by atoms with Gasteiger partial charge in [0.05, 0.1) is 0 Å². The predicted molar refractivity (Wildman–Crippen MR) is 70.6 cm³/mol. The number of aromatic nitrogens is 4. The molecule has 0 saturated carbocycles. The first kappa shape index (κ1) is 11.2. The molecule has 0 aliphatic heterocycles. The van der Waals surface area contributed by atoms with Crippen LogP contribution < -0.4 is 0 Å². The molecule has 0 bridgehead atoms. The fourth-order valence-electron chi connectivity index (χ4n) is 1.88. The van der Waals surface area contributed by atoms with Crippen LogP contribution in [0.25, 0.3) is 17.0 Å². The van der Waals surface area contributed by atoms with Gasteiger partial charge in [-0.3, -0.25) is 4.40 Å². The lowest BCUT2D eigenvalue weighted by molar-refractivity contribution is 1.10. The predicted octanol–water partition coefficient (Wildman–Crippen LogP) is 3.01. The minimum Gasteiger partial charge on any atom is -0.278 e. The van der Waals surface area contributed by atoms with E-state index in [1.807, 2.05) is 22.7 Å². The molecule has 0 saturated heterocycles. The fourth-order valence-corrected chi connectivity index (χ4v) is 2.07. The minimum atomic E-state index is 0.362. The third-order valence-corrected chi connectivity index (χ3v) is 3.17. The number of halogens is 1. The van der Waals surface area contributed by atoms with Gasteiger partial charge in [0, 0.05) is 18.0 Å². The first-order valence-electron chi connectivity index (χ1n) is 5.74. The summed E-state index contributed by atoms with van der Waals surface area (Å²) in [6, 6.07) is 8.28. The average Bonchev–Trinajstić information content (AvgIpc) is 2.84. The zero-order chi connectivity index (χ0) is 12.5. The van der Waals surface area contributed by atoms with Crippen molar-refractivity contribution in [2.75, 3.05) is 0 Å². The molecule has 0 amide bonds. The van der Waals surface area contributed by atoms with Gasteiger partial charge in [-0.2, -0.15) is 0 Å². The quantitative estimate of drug-likeness (QED) is 0.710. The van der Waals surface area contributed by atoms with Crippen molar-refractivity contribution >= 4 is 17.2 Å². The Labute approximate surface area is 109 Å². The summed E-state index contributed by atoms with van der Waals surface area (Å²) in [7, 11) is 0. The van der Waals surface area contributed by atoms with E-state index in [9.17, 15) is 0 Å². The van der Waals surface area contributed by atoms with E-state index in [1.54, 1.807) is 6.20 Å². The van der Waals surface area contributed by atoms with Gasteiger partial charge in [-0.15, -0.1) is 10.2 Å². The number of nitrogens with zero attached hydrogens (tertiary/aromatic N) is 4. The maximum atomic E-state index is 5.97. The molecule has 3 rings (SSSR count). The van der Waals surface area contributed by atoms with Gasteiger partial charge < -0.3 is 0 Å². The molecule has 5 heteroatoms. The number of rotatable bonds is 2. The van der Waals surface area contributed by atoms with Crippen molar-refractivity contribution in [1.29, 1.82) is 0 Å². The molecule has 18 heavy (non-hydrogen) atoms. The Bertz CT molecular complexity index is 688. The van der Waals surface area contributed by atoms with Gasteiger partial charge in [-0.05, 0) is 12.0 Å². The highest BCUT2D eigenvalue weighted by molar-refractivity contribution is 6.32. The first-order chi connectivity index (χ1) is 8.79. The largest absolute Gasteiger partial charge is 0.278 e. The van der Waals surface area contributed by atoms with Crippen LogP contribution in [0.15, 0.2) is 36.7 Å². The van der Waals surface area contributed by atoms with Crippen molar-refractivity contribution in [2.45, 2.75) is 13.3 Å². The Balaban J connectivity index is 2.16. The van der Waals surface area contributed by atoms with E-state index < -0.39 is 0 Å². The van der Waals surface area contributed by atoms with E-state index in [2.05, 4.69) is 34.2 Å². The van der Waals surface area contributed by atoms with E-state index >= 15 is 0 Å². The monoisotopic (exact) mass is 258 g/mol. The van der Waals surface area contributed by atoms with Crippen molar-refractivity contribution in [1.82, 2.24) is 19.6 Å². The Morgan fingerprint density at radius 2 is 1.94 bits per heavy atom. The normalized spacial score (nSPS) is 11.0. The van der Waals surface area contributed by atoms with Crippen molar-refractivity contribution in [3.05, 3.63) is 47.4 Å². The highest BCUT2D eigenvalue weighted by atomic mass is 35.5. The molecular weight excluding hydrogens is 248 g/mol. The Hall–Kier alpha value is -1.94. The van der Waals surface area contributed by atoms with E-state index in [-0.39, 0.29) is 0 Å². The van der Waals surface area contributed by atoms with Crippen LogP contribution in [0.1, 0.15) is 12.5 Å². The first-order valence-corrected chi connectivity index (χ1v) is 6.12. The Morgan fingerprint density at radius 3 is 2.67 bits per heavy atom. The third-order valence-electron chi connectivity index (χ3n) is 2.90. The lowest BCUT2D eigenvalue weighted by Crippen LogP contribution is -1.91. The second kappa shape index (κ2) is 4.38. The lowest BCUT2D eigenvalue weighted by Gasteiger charge is -2.01. The molecule has 0 unspecified atom stereocenters. The summed E-state index contributed by atoms with van der Waals surface area (Å²) < 4.78 is 1.84. The van der Waals surface area contributed by atoms with Gasteiger partial charge in [0.15, 0.2) is 16.6 Å². The average molecular weight is 259 g/mol. The molecule has 2 aromatic heterocycles. The SMILES string of the molecule is CCc1ccc(-c2nnc3c(Cl)nccn23)cc1. The van der Waals surface area contributed by atoms with E-state index in [1.165, 1.54) is 5.56 Å². The van der Waals surface area contributed by atoms with Crippen LogP contribution in [-0.2, 0) is 6.42 Å². The summed E-state index contributed by atoms with van der Waals surface area (Å²) >= 11 is 5.97. The number of benzene rings is 1. The highest BCUT2D eigenvalue weighted by Crippen LogP contribution is 2.21. The molecule has 90 valence electrons. The van der Waals surface area contributed by atoms with Crippen LogP contribution in [0.5, 0.6) is 0 Å². The Kier molecular flexibility index (Phi) is 2.72. The number of aryl methyl sites for hydroxylation is 1. The van der Waals surface area contributed by atoms with Crippen LogP contribution in [0, 0.1) is 0 Å². The highest BCUT2D eigenvalue weighted by Gasteiger charge is 2.10. The van der Waals surface area contributed by atoms with Gasteiger partial charge >= 0.3 is 0 Å². The van der Waals surface area contributed by atoms with Crippen LogP contribution in [-0.4, -0.2) is 19.6 Å². The van der Waals surface area contributed by atoms with Crippen LogP contribution in [0.3, 0.4) is 0 Å². The molecule has 0 N–H and O–H groups in total. The zero-order valence-corrected chi connectivity index (χ0v) is 10.6. The molecule has 0 atom stereocenters. The second-order valence-corrected chi connectivity index (χ2v) is 4.34. The van der Waals surface area contributed by atoms with Crippen LogP contribution in [0.4, 0.5) is 0 Å². The molecule has 0 spiro atoms. The van der Waals surface area contributed by atoms with Crippen LogP contribution >= 0.6 is 11.6 Å². The van der Waals surface area contributed by atoms with Crippen LogP contribution in [0.2, 0.25) is 5.15 Å². The summed E-state index contributed by atoms with van der Waals surface area (Å²) in [6.45, 7) is 2.13. The number of hydrogen-bond donors (Lipinski definition) is 0. The standard InChI is InChI=1S/C13H11ClN4/c1-2-9-3-5-10(6-4-9)12-16-17-13-11(14)15-7-8-18(12)13/h3-8H,2H2,1H3. The van der Waals surface area contributed by atoms with Gasteiger partial charge in [0.25, 0.3) is 0 Å². The fraction of sp³-hybridized carbons (Fsp3) is 0.154. The molecule has 0 radical (unpaired) electrons. The molecule has 0 aliphatic rings. The van der Waals surface area contributed by atoms with Gasteiger partial charge in [0.1, 0.15) is 0 Å². The van der Waals surface area contributed by atoms with Gasteiger partial charge in [-0.1, -0.05) is 42.8 Å². The van der Waals surface area contributed by atoms with Crippen molar-refractivity contribution in [3.8, 4) is 11.4 Å². The number of fused-ring (bicyclic) bond motifs is 1. The Morgan fingerprint density at radius 1 is 1.17 bits per heavy atom. The third kappa shape index (κ3) is 1.75. The lowest BCUT2D eigenvalue weighted by atomic mass is 10.1. The van der Waals surface area contributed by atoms with Crippen molar-refractivity contribution < 1.29 is 0 Å². The smallest absolute Gasteiger partial charge is 0.198 e. The number of hydrogen-bond acceptors (Lipinski definition) is 3. The van der Waals surface area contributed by atoms with E-state index in [0.717, 1.165) is 17.8 Å². The summed E-state index contributed by atoms with van der Waals surface area (Å²) in [5, 5.41) is 8.59. The minimum absolute atomic E-state index is 0.362. The molecule has 3 aromatic rings. The molecular formula is C13H11ClN4. The van der Waals surface area contributed by atoms with Crippen molar-refractivity contribution in [2.24, 2.45) is 0 Å². The van der Waals surface area contributed by atoms with Gasteiger partial charge in [-0.25, -0.2) is 4.98 Å². The maximum Gasteiger partial charge on any atom is 0.198 e.